The van der Waals surface area contributed by atoms with Crippen LogP contribution in [0, 0.1) is 5.41 Å². The Morgan fingerprint density at radius 2 is 1.86 bits per heavy atom. The van der Waals surface area contributed by atoms with Crippen LogP contribution >= 0.6 is 0 Å². The summed E-state index contributed by atoms with van der Waals surface area (Å²) in [6.45, 7) is 17.0. The van der Waals surface area contributed by atoms with E-state index in [1.165, 1.54) is 12.0 Å². The standard InChI is InChI=1S/C26H39N3O7/c1-10-34-16(2)17-11-18(14-27-13-17)35-19-12-20(23(31)33-9)29(15-19)22(30)21(25(3,4)5)28-24(32)36-26(6,7)8/h11,13-14,19-21H,2,10,12,15H2,1,3-9H3,(H,28,32). The molecule has 36 heavy (non-hydrogen) atoms. The van der Waals surface area contributed by atoms with E-state index in [1.807, 2.05) is 27.7 Å². The number of carbonyl (C=O) groups excluding carboxylic acids is 3. The molecule has 1 aliphatic rings. The van der Waals surface area contributed by atoms with E-state index < -0.39 is 47.2 Å². The smallest absolute Gasteiger partial charge is 0.408 e. The molecule has 0 aliphatic carbocycles. The molecule has 2 amide bonds. The summed E-state index contributed by atoms with van der Waals surface area (Å²) in [7, 11) is 1.27. The molecule has 0 bridgehead atoms. The van der Waals surface area contributed by atoms with Gasteiger partial charge < -0.3 is 29.2 Å². The summed E-state index contributed by atoms with van der Waals surface area (Å²) in [5.74, 6) is -0.0645. The summed E-state index contributed by atoms with van der Waals surface area (Å²) in [5.41, 5.74) is -0.725. The Balaban J connectivity index is 2.25. The lowest BCUT2D eigenvalue weighted by atomic mass is 9.85. The van der Waals surface area contributed by atoms with Gasteiger partial charge in [0.2, 0.25) is 5.91 Å². The van der Waals surface area contributed by atoms with Gasteiger partial charge in [-0.3, -0.25) is 9.78 Å². The minimum atomic E-state index is -0.947. The summed E-state index contributed by atoms with van der Waals surface area (Å²) in [5, 5.41) is 2.69. The zero-order valence-corrected chi connectivity index (χ0v) is 22.5. The fraction of sp³-hybridized carbons (Fsp3) is 0.615. The monoisotopic (exact) mass is 505 g/mol. The lowest BCUT2D eigenvalue weighted by Crippen LogP contribution is -2.57. The van der Waals surface area contributed by atoms with E-state index in [-0.39, 0.29) is 13.0 Å². The van der Waals surface area contributed by atoms with Gasteiger partial charge in [-0.2, -0.15) is 0 Å². The molecule has 0 aromatic carbocycles. The third kappa shape index (κ3) is 7.86. The Labute approximate surface area is 213 Å². The molecule has 3 atom stereocenters. The molecule has 0 spiro atoms. The first-order valence-electron chi connectivity index (χ1n) is 12.0. The van der Waals surface area contributed by atoms with E-state index in [0.29, 0.717) is 23.7 Å². The highest BCUT2D eigenvalue weighted by Gasteiger charge is 2.46. The van der Waals surface area contributed by atoms with Crippen LogP contribution in [0.25, 0.3) is 5.76 Å². The summed E-state index contributed by atoms with van der Waals surface area (Å²) in [6, 6.07) is -0.0740. The molecule has 1 aromatic heterocycles. The third-order valence-electron chi connectivity index (χ3n) is 5.45. The highest BCUT2D eigenvalue weighted by molar-refractivity contribution is 5.91. The van der Waals surface area contributed by atoms with Gasteiger partial charge in [-0.1, -0.05) is 27.4 Å². The summed E-state index contributed by atoms with van der Waals surface area (Å²) >= 11 is 0. The Kier molecular flexibility index (Phi) is 9.34. The number of hydrogen-bond donors (Lipinski definition) is 1. The van der Waals surface area contributed by atoms with Crippen molar-refractivity contribution in [2.45, 2.75) is 78.7 Å². The first-order valence-corrected chi connectivity index (χ1v) is 12.0. The number of alkyl carbamates (subject to hydrolysis) is 1. The van der Waals surface area contributed by atoms with Crippen LogP contribution in [0.2, 0.25) is 0 Å². The normalized spacial score (nSPS) is 18.7. The predicted octanol–water partition coefficient (Wildman–Crippen LogP) is 3.55. The fourth-order valence-electron chi connectivity index (χ4n) is 3.81. The van der Waals surface area contributed by atoms with Crippen molar-refractivity contribution in [3.05, 3.63) is 30.6 Å². The van der Waals surface area contributed by atoms with Crippen molar-refractivity contribution in [3.8, 4) is 5.75 Å². The van der Waals surface area contributed by atoms with E-state index in [4.69, 9.17) is 18.9 Å². The van der Waals surface area contributed by atoms with Gasteiger partial charge in [0.25, 0.3) is 0 Å². The number of aromatic nitrogens is 1. The number of esters is 1. The molecule has 200 valence electrons. The molecule has 2 rings (SSSR count). The molecule has 1 fully saturated rings. The van der Waals surface area contributed by atoms with Crippen LogP contribution in [-0.2, 0) is 23.8 Å². The summed E-state index contributed by atoms with van der Waals surface area (Å²) < 4.78 is 21.8. The minimum Gasteiger partial charge on any atom is -0.494 e. The van der Waals surface area contributed by atoms with Gasteiger partial charge in [-0.25, -0.2) is 9.59 Å². The maximum atomic E-state index is 13.7. The molecular weight excluding hydrogens is 466 g/mol. The predicted molar refractivity (Wildman–Crippen MR) is 134 cm³/mol. The van der Waals surface area contributed by atoms with Crippen LogP contribution in [0.5, 0.6) is 5.75 Å². The van der Waals surface area contributed by atoms with Crippen LogP contribution in [0.4, 0.5) is 4.79 Å². The van der Waals surface area contributed by atoms with Gasteiger partial charge in [0.15, 0.2) is 0 Å². The lowest BCUT2D eigenvalue weighted by molar-refractivity contribution is -0.152. The van der Waals surface area contributed by atoms with Crippen LogP contribution in [-0.4, -0.2) is 71.9 Å². The number of rotatable bonds is 8. The number of ether oxygens (including phenoxy) is 4. The van der Waals surface area contributed by atoms with E-state index in [2.05, 4.69) is 16.9 Å². The second-order valence-electron chi connectivity index (χ2n) is 10.7. The lowest BCUT2D eigenvalue weighted by Gasteiger charge is -2.35. The minimum absolute atomic E-state index is 0.123. The first-order chi connectivity index (χ1) is 16.7. The molecule has 10 heteroatoms. The molecule has 3 unspecified atom stereocenters. The Morgan fingerprint density at radius 1 is 1.19 bits per heavy atom. The van der Waals surface area contributed by atoms with Gasteiger partial charge in [-0.15, -0.1) is 0 Å². The maximum absolute atomic E-state index is 13.7. The number of hydrogen-bond acceptors (Lipinski definition) is 8. The Morgan fingerprint density at radius 3 is 2.42 bits per heavy atom. The highest BCUT2D eigenvalue weighted by atomic mass is 16.6. The number of pyridine rings is 1. The number of nitrogens with one attached hydrogen (secondary N) is 1. The zero-order valence-electron chi connectivity index (χ0n) is 22.5. The average Bonchev–Trinajstić information content (AvgIpc) is 3.18. The van der Waals surface area contributed by atoms with Crippen molar-refractivity contribution < 1.29 is 33.3 Å². The average molecular weight is 506 g/mol. The molecule has 1 aromatic rings. The molecular formula is C26H39N3O7. The first kappa shape index (κ1) is 28.9. The number of methoxy groups -OCH3 is 1. The molecule has 0 radical (unpaired) electrons. The largest absolute Gasteiger partial charge is 0.494 e. The number of carbonyl (C=O) groups is 3. The Bertz CT molecular complexity index is 965. The topological polar surface area (TPSA) is 116 Å². The van der Waals surface area contributed by atoms with E-state index in [9.17, 15) is 14.4 Å². The number of likely N-dealkylation sites (tertiary alicyclic amines) is 1. The molecule has 0 saturated carbocycles. The second-order valence-corrected chi connectivity index (χ2v) is 10.7. The SMILES string of the molecule is C=C(OCC)c1cncc(OC2CC(C(=O)OC)N(C(=O)C(NC(=O)OC(C)(C)C)C(C)(C)C)C2)c1. The van der Waals surface area contributed by atoms with Gasteiger partial charge in [0.1, 0.15) is 35.3 Å². The number of amides is 2. The van der Waals surface area contributed by atoms with Crippen LogP contribution in [0.15, 0.2) is 25.0 Å². The van der Waals surface area contributed by atoms with Crippen molar-refractivity contribution in [3.63, 3.8) is 0 Å². The van der Waals surface area contributed by atoms with Gasteiger partial charge >= 0.3 is 12.1 Å². The Hall–Kier alpha value is -3.30. The molecule has 1 saturated heterocycles. The van der Waals surface area contributed by atoms with E-state index in [0.717, 1.165) is 0 Å². The molecule has 2 heterocycles. The summed E-state index contributed by atoms with van der Waals surface area (Å²) in [4.78, 5) is 44.4. The van der Waals surface area contributed by atoms with Gasteiger partial charge in [0, 0.05) is 18.2 Å². The van der Waals surface area contributed by atoms with Gasteiger partial charge in [0.05, 0.1) is 26.5 Å². The van der Waals surface area contributed by atoms with Crippen LogP contribution < -0.4 is 10.1 Å². The fourth-order valence-corrected chi connectivity index (χ4v) is 3.81. The zero-order chi connectivity index (χ0) is 27.3. The third-order valence-corrected chi connectivity index (χ3v) is 5.45. The summed E-state index contributed by atoms with van der Waals surface area (Å²) in [6.07, 6.45) is 2.16. The van der Waals surface area contributed by atoms with Crippen LogP contribution in [0.1, 0.15) is 60.5 Å². The second kappa shape index (κ2) is 11.6. The molecule has 10 nitrogen and oxygen atoms in total. The molecule has 1 aliphatic heterocycles. The maximum Gasteiger partial charge on any atom is 0.408 e. The van der Waals surface area contributed by atoms with Crippen LogP contribution in [0.3, 0.4) is 0 Å². The van der Waals surface area contributed by atoms with Crippen molar-refractivity contribution in [2.24, 2.45) is 5.41 Å². The van der Waals surface area contributed by atoms with Crippen molar-refractivity contribution in [1.29, 1.82) is 0 Å². The van der Waals surface area contributed by atoms with E-state index >= 15 is 0 Å². The quantitative estimate of drug-likeness (QED) is 0.421. The molecule has 1 N–H and O–H groups in total. The van der Waals surface area contributed by atoms with Crippen molar-refractivity contribution in [2.75, 3.05) is 20.3 Å². The van der Waals surface area contributed by atoms with Crippen molar-refractivity contribution in [1.82, 2.24) is 15.2 Å². The van der Waals surface area contributed by atoms with Gasteiger partial charge in [-0.05, 0) is 39.2 Å². The number of nitrogens with zero attached hydrogens (tertiary/aromatic N) is 2. The van der Waals surface area contributed by atoms with Crippen molar-refractivity contribution >= 4 is 23.7 Å². The van der Waals surface area contributed by atoms with E-state index in [1.54, 1.807) is 39.2 Å². The highest BCUT2D eigenvalue weighted by Crippen LogP contribution is 2.29.